The molecule has 3 saturated carbocycles. The molecule has 0 aromatic carbocycles. The molecule has 1 amide bonds. The predicted molar refractivity (Wildman–Crippen MR) is 157 cm³/mol. The average molecular weight is 601 g/mol. The van der Waals surface area contributed by atoms with Crippen LogP contribution in [0.2, 0.25) is 0 Å². The zero-order chi connectivity index (χ0) is 32.0. The molecule has 8 heteroatoms. The highest BCUT2D eigenvalue weighted by Crippen LogP contribution is 2.75. The van der Waals surface area contributed by atoms with Gasteiger partial charge in [0.1, 0.15) is 12.6 Å². The lowest BCUT2D eigenvalue weighted by Crippen LogP contribution is -2.64. The molecule has 1 N–H and O–H groups in total. The molecule has 0 bridgehead atoms. The summed E-state index contributed by atoms with van der Waals surface area (Å²) in [6.45, 7) is 13.7. The van der Waals surface area contributed by atoms with Crippen molar-refractivity contribution >= 4 is 17.5 Å². The third-order valence-corrected chi connectivity index (χ3v) is 13.4. The number of carbonyl (C=O) groups is 3. The van der Waals surface area contributed by atoms with Crippen LogP contribution in [0.25, 0.3) is 0 Å². The van der Waals surface area contributed by atoms with E-state index in [1.165, 1.54) is 0 Å². The van der Waals surface area contributed by atoms with Crippen molar-refractivity contribution in [2.24, 2.45) is 50.2 Å². The van der Waals surface area contributed by atoms with Crippen LogP contribution in [0.4, 0.5) is 13.2 Å². The van der Waals surface area contributed by atoms with Gasteiger partial charge in [-0.2, -0.15) is 18.4 Å². The monoisotopic (exact) mass is 600 g/mol. The molecule has 5 aliphatic carbocycles. The normalized spacial score (nSPS) is 41.4. The highest BCUT2D eigenvalue weighted by atomic mass is 19.4. The molecular formula is C35H47F3N2O3. The van der Waals surface area contributed by atoms with E-state index in [0.29, 0.717) is 6.42 Å². The summed E-state index contributed by atoms with van der Waals surface area (Å²) in [4.78, 5) is 40.3. The van der Waals surface area contributed by atoms with E-state index in [4.69, 9.17) is 0 Å². The Labute approximate surface area is 254 Å². The molecular weight excluding hydrogens is 553 g/mol. The highest BCUT2D eigenvalue weighted by molar-refractivity contribution is 6.04. The molecule has 0 aliphatic heterocycles. The van der Waals surface area contributed by atoms with Crippen molar-refractivity contribution < 1.29 is 27.6 Å². The largest absolute Gasteiger partial charge is 0.405 e. The molecule has 5 rings (SSSR count). The number of allylic oxidation sites excluding steroid dienone is 4. The average Bonchev–Trinajstić information content (AvgIpc) is 2.89. The van der Waals surface area contributed by atoms with Crippen LogP contribution in [0.15, 0.2) is 23.3 Å². The summed E-state index contributed by atoms with van der Waals surface area (Å²) in [6.07, 6.45) is 5.68. The quantitative estimate of drug-likeness (QED) is 0.359. The van der Waals surface area contributed by atoms with Gasteiger partial charge in [0.25, 0.3) is 0 Å². The Balaban J connectivity index is 1.55. The van der Waals surface area contributed by atoms with Gasteiger partial charge in [-0.05, 0) is 90.9 Å². The smallest absolute Gasteiger partial charge is 0.347 e. The van der Waals surface area contributed by atoms with Crippen LogP contribution in [0.5, 0.6) is 0 Å². The van der Waals surface area contributed by atoms with Crippen LogP contribution in [0.1, 0.15) is 106 Å². The number of ketones is 2. The summed E-state index contributed by atoms with van der Waals surface area (Å²) in [5.41, 5.74) is -1.07. The number of hydrogen-bond donors (Lipinski definition) is 1. The van der Waals surface area contributed by atoms with Crippen molar-refractivity contribution in [3.63, 3.8) is 0 Å². The summed E-state index contributed by atoms with van der Waals surface area (Å²) in [5.74, 6) is -0.888. The van der Waals surface area contributed by atoms with Crippen molar-refractivity contribution in [3.05, 3.63) is 23.3 Å². The van der Waals surface area contributed by atoms with Gasteiger partial charge in [-0.1, -0.05) is 60.1 Å². The molecule has 0 spiro atoms. The molecule has 0 radical (unpaired) electrons. The van der Waals surface area contributed by atoms with Crippen LogP contribution < -0.4 is 5.32 Å². The SMILES string of the molecule is CC1(C)CCC2(CCC(=O)NCC(F)(F)F)CCC3(C)C(C(=O)C=C4C5(C)C=C(C#N)C(=O)C(C)(C)C5CCC43C)C2C1. The molecule has 7 atom stereocenters. The number of fused-ring (bicyclic) bond motifs is 7. The Bertz CT molecular complexity index is 1350. The molecule has 0 aromatic heterocycles. The first-order valence-electron chi connectivity index (χ1n) is 15.9. The Morgan fingerprint density at radius 3 is 2.30 bits per heavy atom. The number of amides is 1. The number of carbonyl (C=O) groups excluding carboxylic acids is 3. The van der Waals surface area contributed by atoms with Gasteiger partial charge < -0.3 is 5.32 Å². The fourth-order valence-electron chi connectivity index (χ4n) is 10.8. The maximum absolute atomic E-state index is 14.6. The van der Waals surface area contributed by atoms with Gasteiger partial charge in [-0.25, -0.2) is 0 Å². The minimum atomic E-state index is -4.45. The van der Waals surface area contributed by atoms with Crippen LogP contribution in [-0.4, -0.2) is 30.2 Å². The summed E-state index contributed by atoms with van der Waals surface area (Å²) in [6, 6.07) is 2.15. The fraction of sp³-hybridized carbons (Fsp3) is 0.771. The predicted octanol–water partition coefficient (Wildman–Crippen LogP) is 7.66. The highest BCUT2D eigenvalue weighted by Gasteiger charge is 2.69. The maximum atomic E-state index is 14.6. The summed E-state index contributed by atoms with van der Waals surface area (Å²) in [7, 11) is 0. The van der Waals surface area contributed by atoms with E-state index >= 15 is 0 Å². The lowest BCUT2D eigenvalue weighted by atomic mass is 9.34. The van der Waals surface area contributed by atoms with E-state index in [9.17, 15) is 32.8 Å². The van der Waals surface area contributed by atoms with Crippen molar-refractivity contribution in [1.82, 2.24) is 5.32 Å². The molecule has 43 heavy (non-hydrogen) atoms. The van der Waals surface area contributed by atoms with Crippen molar-refractivity contribution in [2.45, 2.75) is 112 Å². The van der Waals surface area contributed by atoms with Gasteiger partial charge >= 0.3 is 6.18 Å². The minimum Gasteiger partial charge on any atom is -0.347 e. The van der Waals surface area contributed by atoms with Gasteiger partial charge in [0.2, 0.25) is 5.91 Å². The summed E-state index contributed by atoms with van der Waals surface area (Å²) < 4.78 is 38.2. The van der Waals surface area contributed by atoms with E-state index in [0.717, 1.165) is 50.5 Å². The molecule has 3 fully saturated rings. The number of halogens is 3. The first kappa shape index (κ1) is 32.0. The van der Waals surface area contributed by atoms with Crippen LogP contribution in [0, 0.1) is 61.6 Å². The van der Waals surface area contributed by atoms with E-state index in [2.05, 4.69) is 40.7 Å². The van der Waals surface area contributed by atoms with E-state index < -0.39 is 29.5 Å². The van der Waals surface area contributed by atoms with Crippen molar-refractivity contribution in [2.75, 3.05) is 6.54 Å². The lowest BCUT2D eigenvalue weighted by molar-refractivity contribution is -0.173. The maximum Gasteiger partial charge on any atom is 0.405 e. The van der Waals surface area contributed by atoms with Crippen LogP contribution >= 0.6 is 0 Å². The van der Waals surface area contributed by atoms with Gasteiger partial charge in [0.15, 0.2) is 11.6 Å². The standard InChI is InChI=1S/C35H47F3N2O3/c1-29(2)12-14-34(11-9-26(42)40-20-35(36,37)38)15-13-33(7)27(22(34)18-29)23(41)16-25-31(5)17-21(19-39)28(43)30(3,4)24(31)8-10-32(25,33)6/h16-17,22,24,27H,8-15,18,20H2,1-7H3,(H,40,42). The summed E-state index contributed by atoms with van der Waals surface area (Å²) >= 11 is 0. The lowest BCUT2D eigenvalue weighted by Gasteiger charge is -2.69. The van der Waals surface area contributed by atoms with Gasteiger partial charge in [-0.3, -0.25) is 14.4 Å². The van der Waals surface area contributed by atoms with Crippen LogP contribution in [0.3, 0.4) is 0 Å². The Morgan fingerprint density at radius 2 is 1.67 bits per heavy atom. The fourth-order valence-corrected chi connectivity index (χ4v) is 10.8. The first-order chi connectivity index (χ1) is 19.7. The molecule has 0 aromatic rings. The topological polar surface area (TPSA) is 87.0 Å². The molecule has 5 nitrogen and oxygen atoms in total. The number of nitriles is 1. The van der Waals surface area contributed by atoms with E-state index in [1.807, 2.05) is 31.3 Å². The second-order valence-corrected chi connectivity index (χ2v) is 16.5. The number of nitrogens with one attached hydrogen (secondary N) is 1. The first-order valence-corrected chi connectivity index (χ1v) is 15.9. The number of rotatable bonds is 4. The molecule has 0 heterocycles. The van der Waals surface area contributed by atoms with Gasteiger partial charge in [0, 0.05) is 23.2 Å². The van der Waals surface area contributed by atoms with E-state index in [-0.39, 0.29) is 63.0 Å². The van der Waals surface area contributed by atoms with Crippen LogP contribution in [-0.2, 0) is 14.4 Å². The molecule has 236 valence electrons. The van der Waals surface area contributed by atoms with Gasteiger partial charge in [0.05, 0.1) is 5.57 Å². The number of hydrogen-bond acceptors (Lipinski definition) is 4. The van der Waals surface area contributed by atoms with E-state index in [1.54, 1.807) is 0 Å². The summed E-state index contributed by atoms with van der Waals surface area (Å²) in [5, 5.41) is 12.0. The zero-order valence-corrected chi connectivity index (χ0v) is 26.8. The Kier molecular flexibility index (Phi) is 7.28. The third kappa shape index (κ3) is 4.74. The Hall–Kier alpha value is -2.43. The second kappa shape index (κ2) is 9.78. The third-order valence-electron chi connectivity index (χ3n) is 13.4. The minimum absolute atomic E-state index is 0.0119. The number of alkyl halides is 3. The zero-order valence-electron chi connectivity index (χ0n) is 26.8. The van der Waals surface area contributed by atoms with Crippen molar-refractivity contribution in [1.29, 1.82) is 5.26 Å². The number of nitrogens with zero attached hydrogens (tertiary/aromatic N) is 1. The second-order valence-electron chi connectivity index (χ2n) is 16.5. The Morgan fingerprint density at radius 1 is 1.02 bits per heavy atom. The molecule has 7 unspecified atom stereocenters. The van der Waals surface area contributed by atoms with Gasteiger partial charge in [-0.15, -0.1) is 0 Å². The number of Topliss-reactive ketones (excluding diaryl/α,β-unsaturated/α-hetero) is 1. The molecule has 0 saturated heterocycles. The van der Waals surface area contributed by atoms with Crippen molar-refractivity contribution in [3.8, 4) is 6.07 Å². The molecule has 5 aliphatic rings.